The van der Waals surface area contributed by atoms with Crippen LogP contribution in [-0.2, 0) is 43.0 Å². The molecule has 4 atom stereocenters. The topological polar surface area (TPSA) is 6.48 Å². The molecule has 0 N–H and O–H groups in total. The molecule has 1 saturated carbocycles. The maximum absolute atomic E-state index is 5.06. The van der Waals surface area contributed by atoms with Crippen molar-refractivity contribution < 1.29 is 17.0 Å². The third-order valence-electron chi connectivity index (χ3n) is 11.2. The quantitative estimate of drug-likeness (QED) is 0.142. The van der Waals surface area contributed by atoms with Crippen molar-refractivity contribution in [1.29, 1.82) is 0 Å². The molecule has 1 fully saturated rings. The van der Waals surface area contributed by atoms with Crippen LogP contribution in [0, 0.1) is 26.3 Å². The standard InChI is InChI=1S/C42H55N2Si.CH3.2ClH.Ti/c1-7-9-15-32-21-25-36(26-22-32)45(43(6)42(3,4)5,37-27-23-33(24-28-37)16-10-8-2)41-29-40(38-19-13-14-20-39(38)41)44-30-34-17-11-12-18-35(34)31-44;;;;/h11-14,17-28,38-41H,6-10,15-16,29-31H2,1-5H3;1H3;2*1H;/q2*-1;;;+2/p-2. The Balaban J connectivity index is 0.00000130. The molecule has 3 aliphatic rings. The van der Waals surface area contributed by atoms with Crippen molar-refractivity contribution >= 4 is 37.2 Å². The molecule has 4 unspecified atom stereocenters. The summed E-state index contributed by atoms with van der Waals surface area (Å²) in [4.78, 5) is 2.80. The summed E-state index contributed by atoms with van der Waals surface area (Å²) in [6.45, 7) is 13.8. The van der Waals surface area contributed by atoms with Gasteiger partial charge in [0.1, 0.15) is 0 Å². The average molecular weight is 750 g/mol. The number of nitrogens with zero attached hydrogens (tertiary/aromatic N) is 2. The zero-order valence-electron chi connectivity index (χ0n) is 30.8. The summed E-state index contributed by atoms with van der Waals surface area (Å²) < 4.78 is 2.64. The van der Waals surface area contributed by atoms with Gasteiger partial charge in [-0.3, -0.25) is 11.9 Å². The molecule has 2 aliphatic carbocycles. The number of unbranched alkanes of at least 4 members (excludes halogenated alkanes) is 2. The van der Waals surface area contributed by atoms with Gasteiger partial charge in [0, 0.05) is 19.1 Å². The van der Waals surface area contributed by atoms with Crippen LogP contribution in [0.5, 0.6) is 0 Å². The molecule has 49 heavy (non-hydrogen) atoms. The second-order valence-electron chi connectivity index (χ2n) is 15.0. The van der Waals surface area contributed by atoms with Crippen molar-refractivity contribution in [2.45, 2.75) is 110 Å². The first-order chi connectivity index (χ1) is 23.2. The molecule has 0 bridgehead atoms. The van der Waals surface area contributed by atoms with Crippen molar-refractivity contribution in [2.75, 3.05) is 0 Å². The Morgan fingerprint density at radius 1 is 0.776 bits per heavy atom. The number of halogens is 2. The van der Waals surface area contributed by atoms with Gasteiger partial charge in [0.25, 0.3) is 0 Å². The molecule has 6 heteroatoms. The first kappa shape index (κ1) is 40.3. The fraction of sp³-hybridized carbons (Fsp3) is 0.442. The summed E-state index contributed by atoms with van der Waals surface area (Å²) in [5.41, 5.74) is 6.35. The van der Waals surface area contributed by atoms with Gasteiger partial charge in [-0.25, -0.2) is 0 Å². The minimum atomic E-state index is -2.63. The van der Waals surface area contributed by atoms with Crippen molar-refractivity contribution in [1.82, 2.24) is 9.47 Å². The van der Waals surface area contributed by atoms with E-state index in [-0.39, 0.29) is 13.0 Å². The Hall–Kier alpha value is -1.43. The second-order valence-corrected chi connectivity index (χ2v) is 21.6. The molecule has 1 heterocycles. The van der Waals surface area contributed by atoms with E-state index in [4.69, 9.17) is 25.7 Å². The summed E-state index contributed by atoms with van der Waals surface area (Å²) in [6, 6.07) is 29.4. The Morgan fingerprint density at radius 3 is 1.65 bits per heavy atom. The molecule has 1 aliphatic heterocycles. The SMILES string of the molecule is [CH2-]N(C(C)(C)C)[Si](c1ccc(CCCC)cc1)(c1ccc(CCCC)cc1)C1CC(N2Cc3ccccc3C2)C2C=CC=CC21.[CH3-].[Cl][Ti][Cl]. The van der Waals surface area contributed by atoms with Crippen LogP contribution in [-0.4, -0.2) is 29.3 Å². The van der Waals surface area contributed by atoms with E-state index in [9.17, 15) is 0 Å². The van der Waals surface area contributed by atoms with Gasteiger partial charge < -0.3 is 12.0 Å². The Morgan fingerprint density at radius 2 is 1.22 bits per heavy atom. The van der Waals surface area contributed by atoms with Gasteiger partial charge in [-0.1, -0.05) is 145 Å². The Bertz CT molecular complexity index is 1440. The van der Waals surface area contributed by atoms with E-state index in [1.807, 2.05) is 0 Å². The molecule has 6 rings (SSSR count). The first-order valence-electron chi connectivity index (χ1n) is 18.1. The zero-order chi connectivity index (χ0) is 34.3. The van der Waals surface area contributed by atoms with Crippen LogP contribution in [0.2, 0.25) is 5.54 Å². The van der Waals surface area contributed by atoms with Crippen molar-refractivity contribution in [2.24, 2.45) is 11.8 Å². The molecular weight excluding hydrogens is 691 g/mol. The molecule has 0 saturated heterocycles. The Kier molecular flexibility index (Phi) is 15.1. The van der Waals surface area contributed by atoms with Gasteiger partial charge >= 0.3 is 35.6 Å². The van der Waals surface area contributed by atoms with E-state index in [0.29, 0.717) is 23.4 Å². The zero-order valence-corrected chi connectivity index (χ0v) is 34.8. The van der Waals surface area contributed by atoms with Crippen molar-refractivity contribution in [3.05, 3.63) is 134 Å². The van der Waals surface area contributed by atoms with E-state index >= 15 is 0 Å². The summed E-state index contributed by atoms with van der Waals surface area (Å²) in [7, 11) is 12.2. The predicted molar refractivity (Wildman–Crippen MR) is 213 cm³/mol. The number of fused-ring (bicyclic) bond motifs is 2. The molecule has 3 aromatic carbocycles. The Labute approximate surface area is 317 Å². The fourth-order valence-electron chi connectivity index (χ4n) is 8.69. The first-order valence-corrected chi connectivity index (χ1v) is 24.4. The number of rotatable bonds is 11. The van der Waals surface area contributed by atoms with Crippen molar-refractivity contribution in [3.8, 4) is 0 Å². The third kappa shape index (κ3) is 8.79. The molecule has 2 nitrogen and oxygen atoms in total. The van der Waals surface area contributed by atoms with E-state index in [1.165, 1.54) is 64.7 Å². The van der Waals surface area contributed by atoms with E-state index in [0.717, 1.165) is 25.9 Å². The minimum absolute atomic E-state index is 0. The van der Waals surface area contributed by atoms with Gasteiger partial charge in [-0.15, -0.1) is 0 Å². The van der Waals surface area contributed by atoms with E-state index in [1.54, 1.807) is 0 Å². The summed E-state index contributed by atoms with van der Waals surface area (Å²) in [5.74, 6) is 1.00. The third-order valence-corrected chi connectivity index (χ3v) is 16.8. The second kappa shape index (κ2) is 18.4. The number of aryl methyl sites for hydroxylation is 2. The van der Waals surface area contributed by atoms with Crippen LogP contribution in [0.15, 0.2) is 97.1 Å². The number of hydrogen-bond donors (Lipinski definition) is 0. The van der Waals surface area contributed by atoms with Crippen LogP contribution >= 0.6 is 18.6 Å². The van der Waals surface area contributed by atoms with Gasteiger partial charge in [0.05, 0.1) is 0 Å². The van der Waals surface area contributed by atoms with Crippen LogP contribution in [0.1, 0.15) is 89.0 Å². The van der Waals surface area contributed by atoms with Crippen LogP contribution in [0.3, 0.4) is 0 Å². The predicted octanol–water partition coefficient (Wildman–Crippen LogP) is 10.7. The summed E-state index contributed by atoms with van der Waals surface area (Å²) in [5, 5.41) is 3.04. The monoisotopic (exact) mass is 748 g/mol. The van der Waals surface area contributed by atoms with Gasteiger partial charge in [0.15, 0.2) is 8.24 Å². The van der Waals surface area contributed by atoms with Crippen LogP contribution in [0.25, 0.3) is 0 Å². The molecule has 0 aromatic heterocycles. The molecule has 0 amide bonds. The van der Waals surface area contributed by atoms with Crippen LogP contribution < -0.4 is 10.4 Å². The van der Waals surface area contributed by atoms with Crippen molar-refractivity contribution in [3.63, 3.8) is 0 Å². The normalized spacial score (nSPS) is 21.5. The van der Waals surface area contributed by atoms with E-state index in [2.05, 4.69) is 141 Å². The maximum atomic E-state index is 5.06. The molecule has 0 spiro atoms. The molecule has 264 valence electrons. The number of hydrogen-bond acceptors (Lipinski definition) is 2. The molecular formula is C43H58Cl2N2SiTi-2. The number of benzene rings is 3. The average Bonchev–Trinajstić information content (AvgIpc) is 3.70. The van der Waals surface area contributed by atoms with E-state index < -0.39 is 25.3 Å². The number of allylic oxidation sites excluding steroid dienone is 3. The molecule has 0 radical (unpaired) electrons. The van der Waals surface area contributed by atoms with Gasteiger partial charge in [-0.05, 0) is 87.6 Å². The fourth-order valence-corrected chi connectivity index (χ4v) is 14.8. The van der Waals surface area contributed by atoms with Gasteiger partial charge in [0.2, 0.25) is 0 Å². The van der Waals surface area contributed by atoms with Gasteiger partial charge in [-0.2, -0.15) is 0 Å². The summed E-state index contributed by atoms with van der Waals surface area (Å²) in [6.07, 6.45) is 18.2. The van der Waals surface area contributed by atoms with Crippen LogP contribution in [0.4, 0.5) is 0 Å². The molecule has 3 aromatic rings. The summed E-state index contributed by atoms with van der Waals surface area (Å²) >= 11 is -0.556.